The maximum absolute atomic E-state index is 12.4. The summed E-state index contributed by atoms with van der Waals surface area (Å²) >= 11 is 1.18. The van der Waals surface area contributed by atoms with Crippen molar-refractivity contribution in [2.45, 2.75) is 13.8 Å². The summed E-state index contributed by atoms with van der Waals surface area (Å²) in [7, 11) is 0. The van der Waals surface area contributed by atoms with Crippen LogP contribution in [0.5, 0.6) is 0 Å². The van der Waals surface area contributed by atoms with Crippen LogP contribution in [0.15, 0.2) is 48.5 Å². The molecule has 0 spiro atoms. The molecule has 0 saturated carbocycles. The smallest absolute Gasteiger partial charge is 0.350 e. The molecule has 3 rings (SSSR count). The first-order chi connectivity index (χ1) is 13.9. The molecule has 148 valence electrons. The van der Waals surface area contributed by atoms with Crippen LogP contribution < -0.4 is 5.32 Å². The van der Waals surface area contributed by atoms with Gasteiger partial charge in [-0.1, -0.05) is 42.5 Å². The van der Waals surface area contributed by atoms with Gasteiger partial charge in [0.1, 0.15) is 15.6 Å². The van der Waals surface area contributed by atoms with Crippen LogP contribution in [0.4, 0.5) is 11.4 Å². The van der Waals surface area contributed by atoms with Crippen LogP contribution >= 0.6 is 11.3 Å². The quantitative estimate of drug-likeness (QED) is 0.371. The Hall–Kier alpha value is -3.59. The van der Waals surface area contributed by atoms with E-state index in [1.54, 1.807) is 19.9 Å². The van der Waals surface area contributed by atoms with E-state index in [0.717, 1.165) is 5.56 Å². The number of hydrogen-bond donors (Lipinski definition) is 1. The number of esters is 1. The summed E-state index contributed by atoms with van der Waals surface area (Å²) in [6.07, 6.45) is 0. The van der Waals surface area contributed by atoms with Gasteiger partial charge >= 0.3 is 5.97 Å². The van der Waals surface area contributed by atoms with Crippen LogP contribution in [-0.2, 0) is 9.53 Å². The Bertz CT molecular complexity index is 1080. The molecule has 0 bridgehead atoms. The minimum absolute atomic E-state index is 0.0823. The number of benzene rings is 2. The number of nitro groups is 1. The predicted octanol–water partition coefficient (Wildman–Crippen LogP) is 4.13. The number of nitrogens with zero attached hydrogens (tertiary/aromatic N) is 2. The van der Waals surface area contributed by atoms with E-state index in [-0.39, 0.29) is 11.4 Å². The van der Waals surface area contributed by atoms with Gasteiger partial charge in [0, 0.05) is 11.6 Å². The first-order valence-corrected chi connectivity index (χ1v) is 9.42. The van der Waals surface area contributed by atoms with Crippen LogP contribution in [0.3, 0.4) is 0 Å². The average molecular weight is 411 g/mol. The number of aryl methyl sites for hydroxylation is 2. The van der Waals surface area contributed by atoms with E-state index < -0.39 is 23.4 Å². The highest BCUT2D eigenvalue weighted by Crippen LogP contribution is 2.29. The number of para-hydroxylation sites is 1. The molecule has 1 N–H and O–H groups in total. The fraction of sp³-hybridized carbons (Fsp3) is 0.150. The first-order valence-electron chi connectivity index (χ1n) is 8.60. The Morgan fingerprint density at radius 3 is 2.55 bits per heavy atom. The third-order valence-corrected chi connectivity index (χ3v) is 5.24. The maximum atomic E-state index is 12.4. The zero-order valence-electron chi connectivity index (χ0n) is 15.7. The molecule has 3 aromatic rings. The molecular formula is C20H17N3O5S. The minimum atomic E-state index is -0.670. The van der Waals surface area contributed by atoms with E-state index in [1.807, 2.05) is 30.3 Å². The van der Waals surface area contributed by atoms with Gasteiger partial charge in [0.15, 0.2) is 6.61 Å². The molecule has 9 heteroatoms. The summed E-state index contributed by atoms with van der Waals surface area (Å²) in [5.41, 5.74) is 1.78. The van der Waals surface area contributed by atoms with Crippen molar-refractivity contribution in [1.82, 2.24) is 4.98 Å². The van der Waals surface area contributed by atoms with Crippen LogP contribution in [0.2, 0.25) is 0 Å². The number of carbonyl (C=O) groups is 2. The van der Waals surface area contributed by atoms with Gasteiger partial charge in [0.05, 0.1) is 10.6 Å². The number of carbonyl (C=O) groups excluding carboxylic acids is 2. The molecule has 0 aliphatic rings. The second kappa shape index (κ2) is 8.61. The van der Waals surface area contributed by atoms with Gasteiger partial charge in [-0.05, 0) is 19.4 Å². The van der Waals surface area contributed by atoms with Crippen molar-refractivity contribution in [2.75, 3.05) is 11.9 Å². The summed E-state index contributed by atoms with van der Waals surface area (Å²) in [6.45, 7) is 2.76. The highest BCUT2D eigenvalue weighted by molar-refractivity contribution is 7.17. The van der Waals surface area contributed by atoms with Crippen LogP contribution in [-0.4, -0.2) is 28.4 Å². The topological polar surface area (TPSA) is 111 Å². The molecule has 0 saturated heterocycles. The second-order valence-corrected chi connectivity index (χ2v) is 7.15. The SMILES string of the molecule is Cc1cccc([N+](=O)[O-])c1NC(=O)COC(=O)c1sc(-c2ccccc2)nc1C. The van der Waals surface area contributed by atoms with E-state index >= 15 is 0 Å². The van der Waals surface area contributed by atoms with Crippen molar-refractivity contribution in [3.63, 3.8) is 0 Å². The molecule has 0 aliphatic heterocycles. The number of hydrogen-bond acceptors (Lipinski definition) is 7. The number of amides is 1. The van der Waals surface area contributed by atoms with Crippen LogP contribution in [0.1, 0.15) is 20.9 Å². The zero-order chi connectivity index (χ0) is 21.0. The number of rotatable bonds is 6. The monoisotopic (exact) mass is 411 g/mol. The molecule has 29 heavy (non-hydrogen) atoms. The van der Waals surface area contributed by atoms with Gasteiger partial charge in [-0.3, -0.25) is 14.9 Å². The van der Waals surface area contributed by atoms with Crippen LogP contribution in [0.25, 0.3) is 10.6 Å². The van der Waals surface area contributed by atoms with Gasteiger partial charge < -0.3 is 10.1 Å². The molecule has 0 radical (unpaired) electrons. The summed E-state index contributed by atoms with van der Waals surface area (Å²) in [5.74, 6) is -1.34. The summed E-state index contributed by atoms with van der Waals surface area (Å²) in [5, 5.41) is 14.2. The van der Waals surface area contributed by atoms with E-state index in [2.05, 4.69) is 10.3 Å². The molecule has 0 unspecified atom stereocenters. The van der Waals surface area contributed by atoms with E-state index in [9.17, 15) is 19.7 Å². The highest BCUT2D eigenvalue weighted by Gasteiger charge is 2.21. The largest absolute Gasteiger partial charge is 0.451 e. The van der Waals surface area contributed by atoms with Crippen molar-refractivity contribution >= 4 is 34.6 Å². The summed E-state index contributed by atoms with van der Waals surface area (Å²) in [6, 6.07) is 13.9. The predicted molar refractivity (Wildman–Crippen MR) is 109 cm³/mol. The van der Waals surface area contributed by atoms with E-state index in [1.165, 1.54) is 23.5 Å². The Balaban J connectivity index is 1.67. The molecule has 8 nitrogen and oxygen atoms in total. The molecule has 0 fully saturated rings. The summed E-state index contributed by atoms with van der Waals surface area (Å²) < 4.78 is 5.08. The fourth-order valence-corrected chi connectivity index (χ4v) is 3.59. The van der Waals surface area contributed by atoms with E-state index in [0.29, 0.717) is 21.1 Å². The van der Waals surface area contributed by atoms with Gasteiger partial charge in [0.2, 0.25) is 0 Å². The van der Waals surface area contributed by atoms with Gasteiger partial charge in [-0.15, -0.1) is 11.3 Å². The molecular weight excluding hydrogens is 394 g/mol. The number of nitro benzene ring substituents is 1. The lowest BCUT2D eigenvalue weighted by Gasteiger charge is -2.09. The molecule has 1 amide bonds. The number of ether oxygens (including phenoxy) is 1. The van der Waals surface area contributed by atoms with Crippen molar-refractivity contribution in [1.29, 1.82) is 0 Å². The summed E-state index contributed by atoms with van der Waals surface area (Å²) in [4.78, 5) is 39.8. The van der Waals surface area contributed by atoms with Crippen molar-refractivity contribution in [3.05, 3.63) is 74.8 Å². The zero-order valence-corrected chi connectivity index (χ0v) is 16.5. The maximum Gasteiger partial charge on any atom is 0.350 e. The Morgan fingerprint density at radius 2 is 1.86 bits per heavy atom. The first kappa shape index (κ1) is 20.2. The van der Waals surface area contributed by atoms with E-state index in [4.69, 9.17) is 4.74 Å². The van der Waals surface area contributed by atoms with Crippen LogP contribution in [0, 0.1) is 24.0 Å². The average Bonchev–Trinajstić information content (AvgIpc) is 3.10. The molecule has 1 aromatic heterocycles. The Morgan fingerprint density at radius 1 is 1.14 bits per heavy atom. The number of aromatic nitrogens is 1. The Labute approximate surface area is 170 Å². The molecule has 1 heterocycles. The minimum Gasteiger partial charge on any atom is -0.451 e. The highest BCUT2D eigenvalue weighted by atomic mass is 32.1. The second-order valence-electron chi connectivity index (χ2n) is 6.15. The van der Waals surface area contributed by atoms with Gasteiger partial charge in [-0.2, -0.15) is 0 Å². The van der Waals surface area contributed by atoms with Crippen molar-refractivity contribution in [3.8, 4) is 10.6 Å². The number of thiazole rings is 1. The lowest BCUT2D eigenvalue weighted by Crippen LogP contribution is -2.21. The third-order valence-electron chi connectivity index (χ3n) is 4.05. The van der Waals surface area contributed by atoms with Gasteiger partial charge in [0.25, 0.3) is 11.6 Å². The molecule has 2 aromatic carbocycles. The number of nitrogens with one attached hydrogen (secondary N) is 1. The fourth-order valence-electron chi connectivity index (χ4n) is 2.63. The van der Waals surface area contributed by atoms with Crippen molar-refractivity contribution in [2.24, 2.45) is 0 Å². The standard InChI is InChI=1S/C20H17N3O5S/c1-12-7-6-10-15(23(26)27)17(12)22-16(24)11-28-20(25)18-13(2)21-19(29-18)14-8-4-3-5-9-14/h3-10H,11H2,1-2H3,(H,22,24). The van der Waals surface area contributed by atoms with Crippen molar-refractivity contribution < 1.29 is 19.2 Å². The normalized spacial score (nSPS) is 10.4. The Kier molecular flexibility index (Phi) is 5.99. The number of anilines is 1. The third kappa shape index (κ3) is 4.64. The lowest BCUT2D eigenvalue weighted by molar-refractivity contribution is -0.384. The molecule has 0 atom stereocenters. The lowest BCUT2D eigenvalue weighted by atomic mass is 10.1. The molecule has 0 aliphatic carbocycles. The van der Waals surface area contributed by atoms with Gasteiger partial charge in [-0.25, -0.2) is 9.78 Å².